The van der Waals surface area contributed by atoms with Crippen LogP contribution in [0.1, 0.15) is 337 Å². The smallest absolute Gasteiger partial charge is 0.306 e. The molecule has 2 atom stereocenters. The molecule has 6 nitrogen and oxygen atoms in total. The zero-order chi connectivity index (χ0) is 49.1. The molecule has 0 aliphatic carbocycles. The van der Waals surface area contributed by atoms with E-state index in [1.807, 2.05) is 0 Å². The molecule has 1 unspecified atom stereocenters. The SMILES string of the molecule is CCC(C)CCCCCCCCCCCCCCCCC(=O)O[C@@H](COC(=O)CCCCCCCCCCCCCCCCC(C)C)COC(=O)CCCCCCCCCCCCCC(C)C. The number of unbranched alkanes of at least 4 members (excludes halogenated alkanes) is 36. The van der Waals surface area contributed by atoms with Gasteiger partial charge in [-0.2, -0.15) is 0 Å². The highest BCUT2D eigenvalue weighted by Crippen LogP contribution is 2.19. The van der Waals surface area contributed by atoms with Gasteiger partial charge in [0.1, 0.15) is 13.2 Å². The van der Waals surface area contributed by atoms with E-state index in [0.29, 0.717) is 19.3 Å². The third-order valence-corrected chi connectivity index (χ3v) is 14.3. The molecule has 398 valence electrons. The molecule has 0 saturated carbocycles. The van der Waals surface area contributed by atoms with Gasteiger partial charge in [0.2, 0.25) is 0 Å². The Morgan fingerprint density at radius 3 is 0.776 bits per heavy atom. The van der Waals surface area contributed by atoms with Crippen LogP contribution in [0.5, 0.6) is 0 Å². The van der Waals surface area contributed by atoms with E-state index in [-0.39, 0.29) is 31.1 Å². The number of carbonyl (C=O) groups excluding carboxylic acids is 3. The molecule has 0 aliphatic heterocycles. The minimum Gasteiger partial charge on any atom is -0.462 e. The Morgan fingerprint density at radius 1 is 0.299 bits per heavy atom. The van der Waals surface area contributed by atoms with Gasteiger partial charge >= 0.3 is 17.9 Å². The maximum atomic E-state index is 12.9. The second kappa shape index (κ2) is 52.2. The molecule has 0 rings (SSSR count). The highest BCUT2D eigenvalue weighted by Gasteiger charge is 2.19. The predicted molar refractivity (Wildman–Crippen MR) is 289 cm³/mol. The predicted octanol–water partition coefficient (Wildman–Crippen LogP) is 19.9. The second-order valence-electron chi connectivity index (χ2n) is 22.2. The van der Waals surface area contributed by atoms with E-state index in [1.165, 1.54) is 218 Å². The molecule has 0 aromatic heterocycles. The second-order valence-corrected chi connectivity index (χ2v) is 22.2. The van der Waals surface area contributed by atoms with Crippen molar-refractivity contribution in [1.82, 2.24) is 0 Å². The van der Waals surface area contributed by atoms with Crippen molar-refractivity contribution in [1.29, 1.82) is 0 Å². The van der Waals surface area contributed by atoms with Crippen LogP contribution in [0.15, 0.2) is 0 Å². The highest BCUT2D eigenvalue weighted by atomic mass is 16.6. The number of esters is 3. The van der Waals surface area contributed by atoms with Crippen molar-refractivity contribution < 1.29 is 28.6 Å². The van der Waals surface area contributed by atoms with E-state index in [0.717, 1.165) is 75.5 Å². The molecule has 0 N–H and O–H groups in total. The fraction of sp³-hybridized carbons (Fsp3) is 0.951. The number of rotatable bonds is 54. The van der Waals surface area contributed by atoms with Gasteiger partial charge in [-0.15, -0.1) is 0 Å². The van der Waals surface area contributed by atoms with Gasteiger partial charge in [0.05, 0.1) is 0 Å². The van der Waals surface area contributed by atoms with Gasteiger partial charge < -0.3 is 14.2 Å². The Kier molecular flexibility index (Phi) is 51.0. The van der Waals surface area contributed by atoms with E-state index < -0.39 is 6.10 Å². The van der Waals surface area contributed by atoms with Crippen molar-refractivity contribution in [3.8, 4) is 0 Å². The summed E-state index contributed by atoms with van der Waals surface area (Å²) in [5.41, 5.74) is 0. The van der Waals surface area contributed by atoms with Gasteiger partial charge in [-0.3, -0.25) is 14.4 Å². The number of carbonyl (C=O) groups is 3. The maximum absolute atomic E-state index is 12.9. The Hall–Kier alpha value is -1.59. The van der Waals surface area contributed by atoms with Crippen LogP contribution in [0.3, 0.4) is 0 Å². The standard InChI is InChI=1S/C61H118O6/c1-7-57(6)49-43-37-31-25-19-13-9-11-15-21-28-34-40-46-52-61(64)67-58(54-66-60(63)51-45-39-33-27-22-16-18-24-30-36-42-48-56(4)5)53-65-59(62)50-44-38-32-26-20-14-10-8-12-17-23-29-35-41-47-55(2)3/h55-58H,7-54H2,1-6H3/t57?,58-/m0/s1. The molecule has 0 amide bonds. The summed E-state index contributed by atoms with van der Waals surface area (Å²) < 4.78 is 16.9. The number of hydrogen-bond acceptors (Lipinski definition) is 6. The molecule has 6 heteroatoms. The average Bonchev–Trinajstić information content (AvgIpc) is 3.30. The first kappa shape index (κ1) is 65.4. The topological polar surface area (TPSA) is 78.9 Å². The Morgan fingerprint density at radius 2 is 0.522 bits per heavy atom. The molecule has 0 bridgehead atoms. The molecule has 0 radical (unpaired) electrons. The molecular formula is C61H118O6. The number of ether oxygens (including phenoxy) is 3. The summed E-state index contributed by atoms with van der Waals surface area (Å²) in [4.78, 5) is 38.2. The molecule has 0 heterocycles. The van der Waals surface area contributed by atoms with Crippen LogP contribution < -0.4 is 0 Å². The van der Waals surface area contributed by atoms with Crippen LogP contribution in [0.25, 0.3) is 0 Å². The summed E-state index contributed by atoms with van der Waals surface area (Å²) in [6.45, 7) is 13.8. The molecule has 67 heavy (non-hydrogen) atoms. The van der Waals surface area contributed by atoms with Gasteiger partial charge in [0.25, 0.3) is 0 Å². The largest absolute Gasteiger partial charge is 0.462 e. The summed E-state index contributed by atoms with van der Waals surface area (Å²) in [6, 6.07) is 0. The van der Waals surface area contributed by atoms with Gasteiger partial charge in [0, 0.05) is 19.3 Å². The molecular weight excluding hydrogens is 829 g/mol. The summed E-state index contributed by atoms with van der Waals surface area (Å²) in [6.07, 6.45) is 55.2. The van der Waals surface area contributed by atoms with Crippen molar-refractivity contribution in [3.05, 3.63) is 0 Å². The molecule has 0 spiro atoms. The van der Waals surface area contributed by atoms with Crippen molar-refractivity contribution in [2.75, 3.05) is 13.2 Å². The van der Waals surface area contributed by atoms with Crippen LogP contribution in [0.4, 0.5) is 0 Å². The monoisotopic (exact) mass is 947 g/mol. The first-order valence-corrected chi connectivity index (χ1v) is 30.1. The van der Waals surface area contributed by atoms with Crippen molar-refractivity contribution in [3.63, 3.8) is 0 Å². The minimum absolute atomic E-state index is 0.0632. The fourth-order valence-electron chi connectivity index (χ4n) is 9.32. The lowest BCUT2D eigenvalue weighted by Crippen LogP contribution is -2.30. The minimum atomic E-state index is -0.764. The lowest BCUT2D eigenvalue weighted by Gasteiger charge is -2.18. The van der Waals surface area contributed by atoms with Crippen molar-refractivity contribution in [2.24, 2.45) is 17.8 Å². The van der Waals surface area contributed by atoms with Crippen LogP contribution in [0.2, 0.25) is 0 Å². The molecule has 0 aliphatic rings. The molecule has 0 aromatic carbocycles. The third kappa shape index (κ3) is 53.6. The summed E-state index contributed by atoms with van der Waals surface area (Å²) in [5.74, 6) is 1.73. The normalized spacial score (nSPS) is 12.5. The molecule has 0 saturated heterocycles. The molecule has 0 fully saturated rings. The zero-order valence-electron chi connectivity index (χ0n) is 46.2. The number of hydrogen-bond donors (Lipinski definition) is 0. The summed E-state index contributed by atoms with van der Waals surface area (Å²) >= 11 is 0. The van der Waals surface area contributed by atoms with Crippen molar-refractivity contribution in [2.45, 2.75) is 343 Å². The quantitative estimate of drug-likeness (QED) is 0.0343. The highest BCUT2D eigenvalue weighted by molar-refractivity contribution is 5.71. The van der Waals surface area contributed by atoms with Gasteiger partial charge in [-0.1, -0.05) is 298 Å². The zero-order valence-corrected chi connectivity index (χ0v) is 46.2. The first-order valence-electron chi connectivity index (χ1n) is 30.1. The Bertz CT molecular complexity index is 1040. The van der Waals surface area contributed by atoms with Crippen LogP contribution in [0, 0.1) is 17.8 Å². The summed E-state index contributed by atoms with van der Waals surface area (Å²) in [5, 5.41) is 0. The van der Waals surface area contributed by atoms with E-state index in [4.69, 9.17) is 14.2 Å². The van der Waals surface area contributed by atoms with Crippen LogP contribution >= 0.6 is 0 Å². The van der Waals surface area contributed by atoms with E-state index in [2.05, 4.69) is 41.5 Å². The maximum Gasteiger partial charge on any atom is 0.306 e. The van der Waals surface area contributed by atoms with E-state index >= 15 is 0 Å². The lowest BCUT2D eigenvalue weighted by atomic mass is 9.99. The Labute approximate surface area is 418 Å². The third-order valence-electron chi connectivity index (χ3n) is 14.3. The first-order chi connectivity index (χ1) is 32.6. The van der Waals surface area contributed by atoms with Crippen LogP contribution in [-0.2, 0) is 28.6 Å². The van der Waals surface area contributed by atoms with E-state index in [9.17, 15) is 14.4 Å². The van der Waals surface area contributed by atoms with Crippen molar-refractivity contribution >= 4 is 17.9 Å². The summed E-state index contributed by atoms with van der Waals surface area (Å²) in [7, 11) is 0. The van der Waals surface area contributed by atoms with E-state index in [1.54, 1.807) is 0 Å². The van der Waals surface area contributed by atoms with Gasteiger partial charge in [-0.25, -0.2) is 0 Å². The van der Waals surface area contributed by atoms with Crippen LogP contribution in [-0.4, -0.2) is 37.2 Å². The molecule has 0 aromatic rings. The fourth-order valence-corrected chi connectivity index (χ4v) is 9.32. The van der Waals surface area contributed by atoms with Gasteiger partial charge in [-0.05, 0) is 37.0 Å². The van der Waals surface area contributed by atoms with Gasteiger partial charge in [0.15, 0.2) is 6.10 Å². The lowest BCUT2D eigenvalue weighted by molar-refractivity contribution is -0.167. The Balaban J connectivity index is 4.30. The average molecular weight is 948 g/mol.